The summed E-state index contributed by atoms with van der Waals surface area (Å²) in [4.78, 5) is 23.9. The number of aryl methyl sites for hydroxylation is 2. The molecule has 1 saturated carbocycles. The fourth-order valence-electron chi connectivity index (χ4n) is 4.18. The summed E-state index contributed by atoms with van der Waals surface area (Å²) in [7, 11) is 0. The summed E-state index contributed by atoms with van der Waals surface area (Å²) >= 11 is 3.36. The minimum atomic E-state index is 0.134. The average molecular weight is 376 g/mol. The minimum absolute atomic E-state index is 0.134. The smallest absolute Gasteiger partial charge is 0.230 e. The molecular weight excluding hydrogens is 350 g/mol. The van der Waals surface area contributed by atoms with Crippen molar-refractivity contribution in [3.8, 4) is 0 Å². The Morgan fingerprint density at radius 1 is 1.28 bits per heavy atom. The zero-order valence-electron chi connectivity index (χ0n) is 14.9. The number of carbonyl (C=O) groups is 1. The number of thiophene rings is 1. The number of thioether (sulfide) groups is 1. The Bertz CT molecular complexity index is 788. The molecular formula is C19H25N3OS2. The number of hydrogen-bond donors (Lipinski definition) is 1. The maximum atomic E-state index is 12.5. The zero-order chi connectivity index (χ0) is 17.4. The highest BCUT2D eigenvalue weighted by atomic mass is 32.2. The van der Waals surface area contributed by atoms with Crippen molar-refractivity contribution in [3.05, 3.63) is 16.8 Å². The van der Waals surface area contributed by atoms with E-state index in [1.807, 2.05) is 0 Å². The highest BCUT2D eigenvalue weighted by molar-refractivity contribution is 8.00. The lowest BCUT2D eigenvalue weighted by molar-refractivity contribution is -0.119. The van der Waals surface area contributed by atoms with E-state index >= 15 is 0 Å². The van der Waals surface area contributed by atoms with E-state index in [1.54, 1.807) is 29.4 Å². The largest absolute Gasteiger partial charge is 0.352 e. The van der Waals surface area contributed by atoms with Crippen molar-refractivity contribution < 1.29 is 4.79 Å². The summed E-state index contributed by atoms with van der Waals surface area (Å²) in [6.45, 7) is 4.57. The molecule has 6 heteroatoms. The van der Waals surface area contributed by atoms with Crippen LogP contribution in [0.3, 0.4) is 0 Å². The van der Waals surface area contributed by atoms with Crippen LogP contribution in [0, 0.1) is 11.8 Å². The molecule has 25 heavy (non-hydrogen) atoms. The van der Waals surface area contributed by atoms with Crippen LogP contribution in [0.4, 0.5) is 0 Å². The van der Waals surface area contributed by atoms with Crippen molar-refractivity contribution in [3.63, 3.8) is 0 Å². The van der Waals surface area contributed by atoms with Gasteiger partial charge in [0.1, 0.15) is 16.2 Å². The van der Waals surface area contributed by atoms with E-state index in [0.29, 0.717) is 23.6 Å². The van der Waals surface area contributed by atoms with Crippen molar-refractivity contribution >= 4 is 39.2 Å². The summed E-state index contributed by atoms with van der Waals surface area (Å²) in [6, 6.07) is 0.327. The van der Waals surface area contributed by atoms with Crippen molar-refractivity contribution in [1.82, 2.24) is 15.3 Å². The van der Waals surface area contributed by atoms with Crippen molar-refractivity contribution in [1.29, 1.82) is 0 Å². The van der Waals surface area contributed by atoms with Gasteiger partial charge in [0, 0.05) is 16.3 Å². The van der Waals surface area contributed by atoms with Crippen molar-refractivity contribution in [2.24, 2.45) is 11.8 Å². The Kier molecular flexibility index (Phi) is 5.00. The number of aromatic nitrogens is 2. The topological polar surface area (TPSA) is 54.9 Å². The van der Waals surface area contributed by atoms with Crippen molar-refractivity contribution in [2.45, 2.75) is 63.4 Å². The molecule has 2 heterocycles. The van der Waals surface area contributed by atoms with Crippen LogP contribution >= 0.6 is 23.1 Å². The standard InChI is InChI=1S/C19H25N3OS2/c1-11-5-3-7-14(12(11)2)22-16(23)9-24-18-17-13-6-4-8-15(13)25-19(17)21-10-20-18/h10-12,14H,3-9H2,1-2H3,(H,22,23)/t11-,12-,14-/m1/s1. The summed E-state index contributed by atoms with van der Waals surface area (Å²) in [5.74, 6) is 1.83. The number of amides is 1. The van der Waals surface area contributed by atoms with Gasteiger partial charge in [0.25, 0.3) is 0 Å². The van der Waals surface area contributed by atoms with Gasteiger partial charge < -0.3 is 5.32 Å². The summed E-state index contributed by atoms with van der Waals surface area (Å²) in [5.41, 5.74) is 1.43. The van der Waals surface area contributed by atoms with Gasteiger partial charge in [-0.15, -0.1) is 11.3 Å². The van der Waals surface area contributed by atoms with Gasteiger partial charge in [-0.3, -0.25) is 4.79 Å². The second-order valence-electron chi connectivity index (χ2n) is 7.45. The molecule has 0 saturated heterocycles. The highest BCUT2D eigenvalue weighted by Crippen LogP contribution is 2.40. The molecule has 4 nitrogen and oxygen atoms in total. The molecule has 0 bridgehead atoms. The van der Waals surface area contributed by atoms with Crippen LogP contribution in [0.15, 0.2) is 11.4 Å². The van der Waals surface area contributed by atoms with Crippen molar-refractivity contribution in [2.75, 3.05) is 5.75 Å². The SMILES string of the molecule is C[C@@H]1[C@H](C)CCC[C@H]1NC(=O)CSc1ncnc2sc3c(c12)CCC3. The van der Waals surface area contributed by atoms with Gasteiger partial charge in [-0.2, -0.15) is 0 Å². The van der Waals surface area contributed by atoms with E-state index in [-0.39, 0.29) is 5.91 Å². The summed E-state index contributed by atoms with van der Waals surface area (Å²) in [6.07, 6.45) is 8.77. The van der Waals surface area contributed by atoms with Crippen LogP contribution in [0.25, 0.3) is 10.2 Å². The first-order chi connectivity index (χ1) is 12.1. The fourth-order valence-corrected chi connectivity index (χ4v) is 6.31. The summed E-state index contributed by atoms with van der Waals surface area (Å²) < 4.78 is 0. The maximum absolute atomic E-state index is 12.5. The number of hydrogen-bond acceptors (Lipinski definition) is 5. The van der Waals surface area contributed by atoms with E-state index in [9.17, 15) is 4.79 Å². The van der Waals surface area contributed by atoms with Gasteiger partial charge in [-0.05, 0) is 43.1 Å². The van der Waals surface area contributed by atoms with Gasteiger partial charge in [-0.25, -0.2) is 9.97 Å². The lowest BCUT2D eigenvalue weighted by Gasteiger charge is -2.34. The molecule has 2 aromatic rings. The van der Waals surface area contributed by atoms with Gasteiger partial charge in [-0.1, -0.05) is 38.5 Å². The van der Waals surface area contributed by atoms with E-state index in [0.717, 1.165) is 22.7 Å². The first kappa shape index (κ1) is 17.3. The lowest BCUT2D eigenvalue weighted by atomic mass is 9.78. The predicted molar refractivity (Wildman–Crippen MR) is 104 cm³/mol. The average Bonchev–Trinajstić information content (AvgIpc) is 3.18. The second-order valence-corrected chi connectivity index (χ2v) is 9.49. The minimum Gasteiger partial charge on any atom is -0.352 e. The third-order valence-electron chi connectivity index (χ3n) is 5.86. The van der Waals surface area contributed by atoms with Crippen LogP contribution in [0.1, 0.15) is 50.0 Å². The molecule has 3 atom stereocenters. The normalized spacial score (nSPS) is 25.9. The maximum Gasteiger partial charge on any atom is 0.230 e. The molecule has 0 aliphatic heterocycles. The van der Waals surface area contributed by atoms with Crippen LogP contribution in [-0.2, 0) is 17.6 Å². The van der Waals surface area contributed by atoms with E-state index in [4.69, 9.17) is 0 Å². The first-order valence-corrected chi connectivity index (χ1v) is 11.1. The zero-order valence-corrected chi connectivity index (χ0v) is 16.5. The number of nitrogens with zero attached hydrogens (tertiary/aromatic N) is 2. The highest BCUT2D eigenvalue weighted by Gasteiger charge is 2.28. The molecule has 2 aromatic heterocycles. The molecule has 0 radical (unpaired) electrons. The summed E-state index contributed by atoms with van der Waals surface area (Å²) in [5, 5.41) is 5.45. The van der Waals surface area contributed by atoms with E-state index in [2.05, 4.69) is 29.1 Å². The third-order valence-corrected chi connectivity index (χ3v) is 8.05. The Morgan fingerprint density at radius 3 is 3.04 bits per heavy atom. The number of fused-ring (bicyclic) bond motifs is 3. The van der Waals surface area contributed by atoms with Gasteiger partial charge in [0.15, 0.2) is 0 Å². The Hall–Kier alpha value is -1.14. The number of rotatable bonds is 4. The van der Waals surface area contributed by atoms with Crippen LogP contribution in [0.2, 0.25) is 0 Å². The Balaban J connectivity index is 1.43. The number of carbonyl (C=O) groups excluding carboxylic acids is 1. The molecule has 0 aromatic carbocycles. The van der Waals surface area contributed by atoms with Crippen LogP contribution in [0.5, 0.6) is 0 Å². The lowest BCUT2D eigenvalue weighted by Crippen LogP contribution is -2.44. The molecule has 0 unspecified atom stereocenters. The molecule has 1 fully saturated rings. The van der Waals surface area contributed by atoms with E-state index < -0.39 is 0 Å². The van der Waals surface area contributed by atoms with Gasteiger partial charge in [0.2, 0.25) is 5.91 Å². The van der Waals surface area contributed by atoms with Crippen LogP contribution < -0.4 is 5.32 Å². The molecule has 2 aliphatic rings. The molecule has 134 valence electrons. The molecule has 1 amide bonds. The fraction of sp³-hybridized carbons (Fsp3) is 0.632. The quantitative estimate of drug-likeness (QED) is 0.642. The third kappa shape index (κ3) is 3.43. The Labute approximate surface area is 157 Å². The van der Waals surface area contributed by atoms with E-state index in [1.165, 1.54) is 41.5 Å². The predicted octanol–water partition coefficient (Wildman–Crippen LogP) is 4.21. The van der Waals surface area contributed by atoms with Crippen LogP contribution in [-0.4, -0.2) is 27.7 Å². The first-order valence-electron chi connectivity index (χ1n) is 9.31. The molecule has 1 N–H and O–H groups in total. The molecule has 0 spiro atoms. The molecule has 2 aliphatic carbocycles. The monoisotopic (exact) mass is 375 g/mol. The van der Waals surface area contributed by atoms with Gasteiger partial charge in [0.05, 0.1) is 5.75 Å². The second kappa shape index (κ2) is 7.23. The Morgan fingerprint density at radius 2 is 2.16 bits per heavy atom. The molecule has 4 rings (SSSR count). The number of nitrogens with one attached hydrogen (secondary N) is 1. The van der Waals surface area contributed by atoms with Gasteiger partial charge >= 0.3 is 0 Å².